The molecule has 0 spiro atoms. The minimum atomic E-state index is -0.174. The Hall–Kier alpha value is -2.41. The van der Waals surface area contributed by atoms with Crippen molar-refractivity contribution in [2.24, 2.45) is 0 Å². The average Bonchev–Trinajstić information content (AvgIpc) is 3.19. The van der Waals surface area contributed by atoms with Crippen molar-refractivity contribution in [3.8, 4) is 0 Å². The van der Waals surface area contributed by atoms with Crippen LogP contribution in [0.5, 0.6) is 0 Å². The lowest BCUT2D eigenvalue weighted by Gasteiger charge is -2.27. The Labute approximate surface area is 140 Å². The van der Waals surface area contributed by atoms with Gasteiger partial charge in [0, 0.05) is 13.0 Å². The first-order chi connectivity index (χ1) is 11.8. The topological polar surface area (TPSA) is 71.7 Å². The fourth-order valence-electron chi connectivity index (χ4n) is 3.28. The molecule has 2 bridgehead atoms. The Balaban J connectivity index is 1.46. The Morgan fingerprint density at radius 3 is 2.83 bits per heavy atom. The standard InChI is InChI=1S/C17H19N4O3/c1-2-15-18-19-16(24-15)14-9-8-13-10-20(14)17(22)21(13)23-11-12-6-4-3-5-7-12/h3-7,13-14H,1-2,8-11H2/t13-,14+/m1/s1. The fourth-order valence-corrected chi connectivity index (χ4v) is 3.28. The third-order valence-corrected chi connectivity index (χ3v) is 4.52. The predicted octanol–water partition coefficient (Wildman–Crippen LogP) is 2.52. The summed E-state index contributed by atoms with van der Waals surface area (Å²) in [4.78, 5) is 20.2. The van der Waals surface area contributed by atoms with Crippen LogP contribution >= 0.6 is 0 Å². The van der Waals surface area contributed by atoms with Crippen molar-refractivity contribution >= 4 is 6.03 Å². The monoisotopic (exact) mass is 327 g/mol. The number of carbonyl (C=O) groups excluding carboxylic acids is 1. The summed E-state index contributed by atoms with van der Waals surface area (Å²) in [6, 6.07) is 9.60. The largest absolute Gasteiger partial charge is 0.423 e. The molecule has 1 aromatic carbocycles. The van der Waals surface area contributed by atoms with E-state index < -0.39 is 0 Å². The molecule has 125 valence electrons. The number of piperidine rings is 1. The van der Waals surface area contributed by atoms with Crippen LogP contribution in [0.4, 0.5) is 4.79 Å². The molecule has 0 N–H and O–H groups in total. The first-order valence-corrected chi connectivity index (χ1v) is 8.14. The molecule has 2 atom stereocenters. The number of amides is 2. The van der Waals surface area contributed by atoms with E-state index >= 15 is 0 Å². The summed E-state index contributed by atoms with van der Waals surface area (Å²) in [5.41, 5.74) is 1.04. The molecule has 1 radical (unpaired) electrons. The second kappa shape index (κ2) is 6.24. The van der Waals surface area contributed by atoms with Crippen LogP contribution in [0.2, 0.25) is 0 Å². The number of hydrogen-bond acceptors (Lipinski definition) is 5. The van der Waals surface area contributed by atoms with Gasteiger partial charge in [-0.15, -0.1) is 10.2 Å². The van der Waals surface area contributed by atoms with Crippen LogP contribution in [0.1, 0.15) is 36.2 Å². The molecule has 0 saturated carbocycles. The summed E-state index contributed by atoms with van der Waals surface area (Å²) in [5, 5.41) is 9.53. The van der Waals surface area contributed by atoms with E-state index in [-0.39, 0.29) is 18.1 Å². The van der Waals surface area contributed by atoms with Gasteiger partial charge in [0.2, 0.25) is 11.8 Å². The summed E-state index contributed by atoms with van der Waals surface area (Å²) in [5.74, 6) is 0.987. The number of rotatable bonds is 5. The number of carbonyl (C=O) groups is 1. The van der Waals surface area contributed by atoms with Crippen molar-refractivity contribution in [2.45, 2.75) is 38.0 Å². The molecule has 7 heteroatoms. The number of urea groups is 1. The van der Waals surface area contributed by atoms with E-state index in [2.05, 4.69) is 17.1 Å². The van der Waals surface area contributed by atoms with Crippen molar-refractivity contribution in [1.82, 2.24) is 20.2 Å². The molecule has 2 saturated heterocycles. The highest BCUT2D eigenvalue weighted by molar-refractivity contribution is 5.77. The maximum atomic E-state index is 12.7. The van der Waals surface area contributed by atoms with Crippen molar-refractivity contribution in [2.75, 3.05) is 6.54 Å². The molecule has 2 fully saturated rings. The smallest absolute Gasteiger partial charge is 0.345 e. The molecular formula is C17H19N4O3. The number of nitrogens with zero attached hydrogens (tertiary/aromatic N) is 4. The van der Waals surface area contributed by atoms with Gasteiger partial charge in [0.05, 0.1) is 6.04 Å². The van der Waals surface area contributed by atoms with E-state index in [1.807, 2.05) is 30.3 Å². The van der Waals surface area contributed by atoms with E-state index in [0.717, 1.165) is 18.4 Å². The normalized spacial score (nSPS) is 23.1. The average molecular weight is 327 g/mol. The lowest BCUT2D eigenvalue weighted by molar-refractivity contribution is -0.140. The Kier molecular flexibility index (Phi) is 3.93. The second-order valence-electron chi connectivity index (χ2n) is 6.05. The maximum Gasteiger partial charge on any atom is 0.345 e. The van der Waals surface area contributed by atoms with E-state index in [4.69, 9.17) is 9.25 Å². The molecule has 2 aliphatic heterocycles. The van der Waals surface area contributed by atoms with Gasteiger partial charge in [-0.3, -0.25) is 4.84 Å². The van der Waals surface area contributed by atoms with Crippen LogP contribution in [-0.4, -0.2) is 38.8 Å². The Morgan fingerprint density at radius 2 is 2.08 bits per heavy atom. The van der Waals surface area contributed by atoms with Crippen LogP contribution in [0.3, 0.4) is 0 Å². The minimum absolute atomic E-state index is 0.0766. The van der Waals surface area contributed by atoms with E-state index in [1.54, 1.807) is 4.90 Å². The SMILES string of the molecule is [CH2]Cc1nnc([C@@H]2CC[C@@H]3CN2C(=O)N3OCc2ccccc2)o1. The van der Waals surface area contributed by atoms with Crippen LogP contribution < -0.4 is 0 Å². The maximum absolute atomic E-state index is 12.7. The van der Waals surface area contributed by atoms with Crippen LogP contribution in [-0.2, 0) is 17.9 Å². The molecule has 4 rings (SSSR count). The third-order valence-electron chi connectivity index (χ3n) is 4.52. The van der Waals surface area contributed by atoms with Gasteiger partial charge in [-0.25, -0.2) is 4.79 Å². The summed E-state index contributed by atoms with van der Waals surface area (Å²) in [6.07, 6.45) is 2.09. The number of hydrogen-bond donors (Lipinski definition) is 0. The van der Waals surface area contributed by atoms with E-state index in [9.17, 15) is 4.79 Å². The highest BCUT2D eigenvalue weighted by Crippen LogP contribution is 2.38. The molecule has 3 heterocycles. The van der Waals surface area contributed by atoms with Gasteiger partial charge in [-0.1, -0.05) is 30.3 Å². The highest BCUT2D eigenvalue weighted by Gasteiger charge is 2.47. The summed E-state index contributed by atoms with van der Waals surface area (Å²) in [6.45, 7) is 4.75. The minimum Gasteiger partial charge on any atom is -0.423 e. The molecule has 7 nitrogen and oxygen atoms in total. The van der Waals surface area contributed by atoms with E-state index in [1.165, 1.54) is 5.06 Å². The number of aromatic nitrogens is 2. The molecular weight excluding hydrogens is 308 g/mol. The zero-order valence-electron chi connectivity index (χ0n) is 13.3. The molecule has 0 unspecified atom stereocenters. The summed E-state index contributed by atoms with van der Waals surface area (Å²) in [7, 11) is 0. The molecule has 1 aromatic heterocycles. The van der Waals surface area contributed by atoms with Crippen LogP contribution in [0, 0.1) is 6.92 Å². The molecule has 2 aromatic rings. The second-order valence-corrected chi connectivity index (χ2v) is 6.05. The first-order valence-electron chi connectivity index (χ1n) is 8.14. The van der Waals surface area contributed by atoms with Gasteiger partial charge in [0.25, 0.3) is 0 Å². The van der Waals surface area contributed by atoms with Crippen molar-refractivity contribution in [3.63, 3.8) is 0 Å². The fraction of sp³-hybridized carbons (Fsp3) is 0.412. The van der Waals surface area contributed by atoms with E-state index in [0.29, 0.717) is 31.4 Å². The zero-order chi connectivity index (χ0) is 16.5. The predicted molar refractivity (Wildman–Crippen MR) is 84.3 cm³/mol. The van der Waals surface area contributed by atoms with Gasteiger partial charge in [0.15, 0.2) is 0 Å². The summed E-state index contributed by atoms with van der Waals surface area (Å²) < 4.78 is 5.60. The van der Waals surface area contributed by atoms with Crippen LogP contribution in [0.15, 0.2) is 34.7 Å². The third kappa shape index (κ3) is 2.65. The van der Waals surface area contributed by atoms with Crippen molar-refractivity contribution in [3.05, 3.63) is 54.6 Å². The van der Waals surface area contributed by atoms with Gasteiger partial charge < -0.3 is 9.32 Å². The number of benzene rings is 1. The van der Waals surface area contributed by atoms with Gasteiger partial charge >= 0.3 is 6.03 Å². The Bertz CT molecular complexity index is 718. The molecule has 0 aliphatic carbocycles. The van der Waals surface area contributed by atoms with Gasteiger partial charge in [-0.2, -0.15) is 5.06 Å². The first kappa shape index (κ1) is 15.1. The molecule has 2 amide bonds. The van der Waals surface area contributed by atoms with Crippen molar-refractivity contribution < 1.29 is 14.0 Å². The zero-order valence-corrected chi connectivity index (χ0v) is 13.3. The van der Waals surface area contributed by atoms with Crippen LogP contribution in [0.25, 0.3) is 0 Å². The lowest BCUT2D eigenvalue weighted by atomic mass is 10.0. The molecule has 2 aliphatic rings. The summed E-state index contributed by atoms with van der Waals surface area (Å²) >= 11 is 0. The lowest BCUT2D eigenvalue weighted by Crippen LogP contribution is -2.34. The Morgan fingerprint density at radius 1 is 1.25 bits per heavy atom. The highest BCUT2D eigenvalue weighted by atomic mass is 16.7. The molecule has 24 heavy (non-hydrogen) atoms. The quantitative estimate of drug-likeness (QED) is 0.844. The van der Waals surface area contributed by atoms with Crippen molar-refractivity contribution in [1.29, 1.82) is 0 Å². The number of fused-ring (bicyclic) bond motifs is 2. The number of hydroxylamine groups is 2. The van der Waals surface area contributed by atoms with Gasteiger partial charge in [0.1, 0.15) is 12.6 Å². The van der Waals surface area contributed by atoms with Gasteiger partial charge in [-0.05, 0) is 25.3 Å².